The Bertz CT molecular complexity index is 599. The number of nitrogen functional groups attached to an aromatic ring is 1. The van der Waals surface area contributed by atoms with Crippen molar-refractivity contribution in [3.05, 3.63) is 17.3 Å². The molecule has 18 heavy (non-hydrogen) atoms. The Kier molecular flexibility index (Phi) is 2.30. The molecule has 0 saturated carbocycles. The molecule has 6 heteroatoms. The Labute approximate surface area is 108 Å². The fourth-order valence-electron chi connectivity index (χ4n) is 3.06. The zero-order valence-electron chi connectivity index (χ0n) is 9.80. The lowest BCUT2D eigenvalue weighted by Crippen LogP contribution is -2.18. The summed E-state index contributed by atoms with van der Waals surface area (Å²) in [5.74, 6) is 7.49. The molecule has 3 atom stereocenters. The van der Waals surface area contributed by atoms with E-state index in [1.807, 2.05) is 11.4 Å². The van der Waals surface area contributed by atoms with E-state index in [0.717, 1.165) is 34.7 Å². The number of nitrogens with two attached hydrogens (primary N) is 1. The minimum Gasteiger partial charge on any atom is -0.374 e. The second kappa shape index (κ2) is 3.88. The standard InChI is InChI=1S/C12H14N4OS/c13-16-11-7-3-4-18-12(7)15-10(14-11)8-5-6-1-2-9(8)17-6/h3-4,6,8-9H,1-2,5,13H2,(H,14,15,16). The van der Waals surface area contributed by atoms with Crippen LogP contribution in [0.15, 0.2) is 11.4 Å². The third kappa shape index (κ3) is 1.46. The molecule has 0 aliphatic carbocycles. The molecule has 4 heterocycles. The lowest BCUT2D eigenvalue weighted by atomic mass is 9.88. The highest BCUT2D eigenvalue weighted by Gasteiger charge is 2.43. The smallest absolute Gasteiger partial charge is 0.152 e. The first kappa shape index (κ1) is 10.7. The van der Waals surface area contributed by atoms with Crippen molar-refractivity contribution in [2.45, 2.75) is 37.4 Å². The minimum atomic E-state index is 0.304. The van der Waals surface area contributed by atoms with Crippen LogP contribution in [0.3, 0.4) is 0 Å². The normalized spacial score (nSPS) is 30.2. The number of fused-ring (bicyclic) bond motifs is 3. The Hall–Kier alpha value is -1.24. The van der Waals surface area contributed by atoms with Crippen molar-refractivity contribution in [2.75, 3.05) is 5.43 Å². The molecule has 94 valence electrons. The second-order valence-electron chi connectivity index (χ2n) is 4.93. The fourth-order valence-corrected chi connectivity index (χ4v) is 3.83. The molecule has 3 N–H and O–H groups in total. The van der Waals surface area contributed by atoms with Crippen LogP contribution in [0.4, 0.5) is 5.82 Å². The van der Waals surface area contributed by atoms with E-state index in [1.165, 1.54) is 6.42 Å². The number of hydrogen-bond acceptors (Lipinski definition) is 6. The lowest BCUT2D eigenvalue weighted by Gasteiger charge is -2.17. The van der Waals surface area contributed by atoms with Crippen LogP contribution in [0.25, 0.3) is 10.2 Å². The summed E-state index contributed by atoms with van der Waals surface area (Å²) in [6.07, 6.45) is 4.08. The zero-order valence-corrected chi connectivity index (χ0v) is 10.6. The highest BCUT2D eigenvalue weighted by atomic mass is 32.1. The predicted octanol–water partition coefficient (Wildman–Crippen LogP) is 2.01. The predicted molar refractivity (Wildman–Crippen MR) is 70.5 cm³/mol. The molecule has 5 nitrogen and oxygen atoms in total. The van der Waals surface area contributed by atoms with E-state index in [0.29, 0.717) is 18.1 Å². The van der Waals surface area contributed by atoms with Crippen LogP contribution in [0.1, 0.15) is 31.0 Å². The van der Waals surface area contributed by atoms with E-state index in [-0.39, 0.29) is 0 Å². The summed E-state index contributed by atoms with van der Waals surface area (Å²) in [7, 11) is 0. The van der Waals surface area contributed by atoms with E-state index in [1.54, 1.807) is 11.3 Å². The van der Waals surface area contributed by atoms with E-state index >= 15 is 0 Å². The third-order valence-corrected chi connectivity index (χ3v) is 4.72. The Balaban J connectivity index is 1.80. The average molecular weight is 262 g/mol. The molecule has 2 saturated heterocycles. The van der Waals surface area contributed by atoms with Crippen molar-refractivity contribution in [1.29, 1.82) is 0 Å². The average Bonchev–Trinajstić information content (AvgIpc) is 3.12. The molecule has 2 fully saturated rings. The highest BCUT2D eigenvalue weighted by Crippen LogP contribution is 2.44. The van der Waals surface area contributed by atoms with Crippen molar-refractivity contribution < 1.29 is 4.74 Å². The molecule has 0 spiro atoms. The van der Waals surface area contributed by atoms with Gasteiger partial charge in [0.15, 0.2) is 5.82 Å². The first-order chi connectivity index (χ1) is 8.85. The zero-order chi connectivity index (χ0) is 12.1. The largest absolute Gasteiger partial charge is 0.374 e. The molecule has 4 rings (SSSR count). The van der Waals surface area contributed by atoms with E-state index < -0.39 is 0 Å². The molecular formula is C12H14N4OS. The SMILES string of the molecule is NNc1nc(C2CC3CCC2O3)nc2sccc12. The molecule has 2 aromatic heterocycles. The summed E-state index contributed by atoms with van der Waals surface area (Å²) in [6, 6.07) is 2.00. The van der Waals surface area contributed by atoms with Crippen molar-refractivity contribution in [1.82, 2.24) is 9.97 Å². The maximum atomic E-state index is 5.88. The van der Waals surface area contributed by atoms with Gasteiger partial charge >= 0.3 is 0 Å². The van der Waals surface area contributed by atoms with Gasteiger partial charge in [0.05, 0.1) is 17.6 Å². The van der Waals surface area contributed by atoms with Gasteiger partial charge in [-0.25, -0.2) is 15.8 Å². The molecule has 2 aliphatic rings. The molecule has 0 amide bonds. The van der Waals surface area contributed by atoms with Gasteiger partial charge in [-0.15, -0.1) is 11.3 Å². The minimum absolute atomic E-state index is 0.304. The van der Waals surface area contributed by atoms with Gasteiger partial charge in [-0.05, 0) is 30.7 Å². The second-order valence-corrected chi connectivity index (χ2v) is 5.82. The molecule has 0 aromatic carbocycles. The number of hydrazine groups is 1. The quantitative estimate of drug-likeness (QED) is 0.640. The number of hydrogen-bond donors (Lipinski definition) is 2. The van der Waals surface area contributed by atoms with Gasteiger partial charge in [-0.3, -0.25) is 0 Å². The number of ether oxygens (including phenoxy) is 1. The lowest BCUT2D eigenvalue weighted by molar-refractivity contribution is 0.0999. The fraction of sp³-hybridized carbons (Fsp3) is 0.500. The van der Waals surface area contributed by atoms with Crippen molar-refractivity contribution >= 4 is 27.4 Å². The Morgan fingerprint density at radius 3 is 3.06 bits per heavy atom. The van der Waals surface area contributed by atoms with Gasteiger partial charge in [0.25, 0.3) is 0 Å². The van der Waals surface area contributed by atoms with Crippen LogP contribution >= 0.6 is 11.3 Å². The number of anilines is 1. The van der Waals surface area contributed by atoms with E-state index in [4.69, 9.17) is 10.6 Å². The molecular weight excluding hydrogens is 248 g/mol. The molecule has 0 radical (unpaired) electrons. The van der Waals surface area contributed by atoms with Crippen LogP contribution < -0.4 is 11.3 Å². The number of aromatic nitrogens is 2. The monoisotopic (exact) mass is 262 g/mol. The van der Waals surface area contributed by atoms with E-state index in [2.05, 4.69) is 15.4 Å². The van der Waals surface area contributed by atoms with Crippen LogP contribution in [-0.4, -0.2) is 22.2 Å². The summed E-state index contributed by atoms with van der Waals surface area (Å²) in [6.45, 7) is 0. The molecule has 2 aliphatic heterocycles. The summed E-state index contributed by atoms with van der Waals surface area (Å²) in [5.41, 5.74) is 2.68. The first-order valence-corrected chi connectivity index (χ1v) is 7.10. The number of nitrogens with one attached hydrogen (secondary N) is 1. The van der Waals surface area contributed by atoms with Crippen LogP contribution in [0.2, 0.25) is 0 Å². The van der Waals surface area contributed by atoms with Crippen LogP contribution in [0.5, 0.6) is 0 Å². The molecule has 3 unspecified atom stereocenters. The summed E-state index contributed by atoms with van der Waals surface area (Å²) in [4.78, 5) is 10.2. The summed E-state index contributed by atoms with van der Waals surface area (Å²) < 4.78 is 5.88. The molecule has 2 aromatic rings. The van der Waals surface area contributed by atoms with Crippen molar-refractivity contribution in [2.24, 2.45) is 5.84 Å². The van der Waals surface area contributed by atoms with Crippen LogP contribution in [0, 0.1) is 0 Å². The van der Waals surface area contributed by atoms with Gasteiger partial charge in [-0.2, -0.15) is 0 Å². The van der Waals surface area contributed by atoms with Crippen molar-refractivity contribution in [3.63, 3.8) is 0 Å². The number of rotatable bonds is 2. The third-order valence-electron chi connectivity index (χ3n) is 3.92. The maximum absolute atomic E-state index is 5.88. The van der Waals surface area contributed by atoms with Gasteiger partial charge in [-0.1, -0.05) is 0 Å². The van der Waals surface area contributed by atoms with Gasteiger partial charge in [0.1, 0.15) is 10.7 Å². The summed E-state index contributed by atoms with van der Waals surface area (Å²) >= 11 is 1.62. The van der Waals surface area contributed by atoms with Gasteiger partial charge in [0, 0.05) is 5.92 Å². The first-order valence-electron chi connectivity index (χ1n) is 6.22. The van der Waals surface area contributed by atoms with Crippen LogP contribution in [-0.2, 0) is 4.74 Å². The topological polar surface area (TPSA) is 73.1 Å². The number of nitrogens with zero attached hydrogens (tertiary/aromatic N) is 2. The highest BCUT2D eigenvalue weighted by molar-refractivity contribution is 7.16. The van der Waals surface area contributed by atoms with Gasteiger partial charge < -0.3 is 10.2 Å². The van der Waals surface area contributed by atoms with Crippen molar-refractivity contribution in [3.8, 4) is 0 Å². The summed E-state index contributed by atoms with van der Waals surface area (Å²) in [5, 5.41) is 3.01. The van der Waals surface area contributed by atoms with Gasteiger partial charge in [0.2, 0.25) is 0 Å². The van der Waals surface area contributed by atoms with E-state index in [9.17, 15) is 0 Å². The molecule has 2 bridgehead atoms. The number of thiophene rings is 1. The Morgan fingerprint density at radius 2 is 2.33 bits per heavy atom. The Morgan fingerprint density at radius 1 is 1.39 bits per heavy atom. The maximum Gasteiger partial charge on any atom is 0.152 e.